The zero-order valence-electron chi connectivity index (χ0n) is 15.3. The number of pyridine rings is 1. The molecule has 26 heavy (non-hydrogen) atoms. The first-order valence-electron chi connectivity index (χ1n) is 8.48. The van der Waals surface area contributed by atoms with Crippen LogP contribution in [0.4, 0.5) is 5.82 Å². The Bertz CT molecular complexity index is 933. The molecule has 0 bridgehead atoms. The maximum absolute atomic E-state index is 12.9. The van der Waals surface area contributed by atoms with Gasteiger partial charge in [0.05, 0.1) is 5.56 Å². The number of hydrogen-bond donors (Lipinski definition) is 1. The third-order valence-electron chi connectivity index (χ3n) is 4.05. The van der Waals surface area contributed by atoms with Crippen molar-refractivity contribution < 1.29 is 9.53 Å². The molecule has 3 heterocycles. The van der Waals surface area contributed by atoms with E-state index in [9.17, 15) is 4.79 Å². The lowest BCUT2D eigenvalue weighted by atomic mass is 10.1. The molecule has 0 saturated carbocycles. The van der Waals surface area contributed by atoms with Crippen LogP contribution in [0.1, 0.15) is 15.9 Å². The monoisotopic (exact) mass is 369 g/mol. The van der Waals surface area contributed by atoms with Gasteiger partial charge in [-0.1, -0.05) is 19.6 Å². The van der Waals surface area contributed by atoms with Crippen molar-refractivity contribution in [1.82, 2.24) is 19.5 Å². The number of carbonyl (C=O) groups excluding carboxylic acids is 1. The van der Waals surface area contributed by atoms with Gasteiger partial charge in [0.1, 0.15) is 24.5 Å². The van der Waals surface area contributed by atoms with Crippen molar-refractivity contribution in [2.75, 3.05) is 12.3 Å². The minimum Gasteiger partial charge on any atom is -0.384 e. The number of nitrogen functional groups attached to an aromatic ring is 1. The number of ether oxygens (including phenoxy) is 1. The molecule has 7 nitrogen and oxygen atoms in total. The fourth-order valence-corrected chi connectivity index (χ4v) is 3.35. The lowest BCUT2D eigenvalue weighted by Crippen LogP contribution is -2.22. The molecule has 2 N–H and O–H groups in total. The second-order valence-corrected chi connectivity index (χ2v) is 13.0. The SMILES string of the molecule is C[Si](C)(C)CCOCn1cc(C(=O)c2ccnc(N)c2)c2cncnc21. The van der Waals surface area contributed by atoms with E-state index >= 15 is 0 Å². The number of fused-ring (bicyclic) bond motifs is 1. The van der Waals surface area contributed by atoms with Crippen LogP contribution in [0.2, 0.25) is 25.7 Å². The lowest BCUT2D eigenvalue weighted by Gasteiger charge is -2.15. The smallest absolute Gasteiger partial charge is 0.195 e. The van der Waals surface area contributed by atoms with Crippen molar-refractivity contribution in [3.63, 3.8) is 0 Å². The van der Waals surface area contributed by atoms with E-state index < -0.39 is 8.07 Å². The number of carbonyl (C=O) groups is 1. The Morgan fingerprint density at radius 3 is 2.85 bits per heavy atom. The second kappa shape index (κ2) is 7.34. The predicted molar refractivity (Wildman–Crippen MR) is 104 cm³/mol. The molecule has 3 aromatic heterocycles. The van der Waals surface area contributed by atoms with E-state index in [1.165, 1.54) is 12.5 Å². The molecular weight excluding hydrogens is 346 g/mol. The van der Waals surface area contributed by atoms with Crippen LogP contribution >= 0.6 is 0 Å². The van der Waals surface area contributed by atoms with Gasteiger partial charge in [0.25, 0.3) is 0 Å². The van der Waals surface area contributed by atoms with Gasteiger partial charge in [0, 0.05) is 44.2 Å². The normalized spacial score (nSPS) is 11.8. The summed E-state index contributed by atoms with van der Waals surface area (Å²) < 4.78 is 7.66. The van der Waals surface area contributed by atoms with Crippen molar-refractivity contribution in [1.29, 1.82) is 0 Å². The average Bonchev–Trinajstić information content (AvgIpc) is 2.96. The number of rotatable bonds is 7. The summed E-state index contributed by atoms with van der Waals surface area (Å²) in [5, 5.41) is 0.696. The lowest BCUT2D eigenvalue weighted by molar-refractivity contribution is 0.0896. The Labute approximate surface area is 153 Å². The standard InChI is InChI=1S/C18H23N5O2Si/c1-26(2,3)7-6-25-12-23-10-15(14-9-20-11-22-18(14)23)17(24)13-4-5-21-16(19)8-13/h4-5,8-11H,6-7,12H2,1-3H3,(H2,19,21). The fraction of sp³-hybridized carbons (Fsp3) is 0.333. The van der Waals surface area contributed by atoms with Crippen molar-refractivity contribution in [3.05, 3.63) is 48.2 Å². The molecule has 0 radical (unpaired) electrons. The summed E-state index contributed by atoms with van der Waals surface area (Å²) in [4.78, 5) is 25.2. The topological polar surface area (TPSA) is 95.9 Å². The Kier molecular flexibility index (Phi) is 5.15. The number of anilines is 1. The minimum absolute atomic E-state index is 0.139. The highest BCUT2D eigenvalue weighted by Gasteiger charge is 2.18. The van der Waals surface area contributed by atoms with Crippen LogP contribution in [0.5, 0.6) is 0 Å². The molecule has 0 aromatic carbocycles. The number of nitrogens with zero attached hydrogens (tertiary/aromatic N) is 4. The Hall–Kier alpha value is -2.58. The maximum Gasteiger partial charge on any atom is 0.195 e. The molecule has 3 rings (SSSR count). The van der Waals surface area contributed by atoms with Crippen LogP contribution in [0.15, 0.2) is 37.1 Å². The Morgan fingerprint density at radius 1 is 1.31 bits per heavy atom. The van der Waals surface area contributed by atoms with Gasteiger partial charge >= 0.3 is 0 Å². The van der Waals surface area contributed by atoms with Gasteiger partial charge in [-0.25, -0.2) is 15.0 Å². The van der Waals surface area contributed by atoms with Gasteiger partial charge in [0.15, 0.2) is 5.78 Å². The quantitative estimate of drug-likeness (QED) is 0.391. The molecule has 136 valence electrons. The number of nitrogens with two attached hydrogens (primary N) is 1. The summed E-state index contributed by atoms with van der Waals surface area (Å²) in [7, 11) is -1.14. The van der Waals surface area contributed by atoms with Gasteiger partial charge in [-0.15, -0.1) is 0 Å². The van der Waals surface area contributed by atoms with E-state index in [-0.39, 0.29) is 5.78 Å². The highest BCUT2D eigenvalue weighted by Crippen LogP contribution is 2.22. The Morgan fingerprint density at radius 2 is 2.12 bits per heavy atom. The van der Waals surface area contributed by atoms with E-state index in [4.69, 9.17) is 10.5 Å². The second-order valence-electron chi connectivity index (χ2n) is 7.42. The zero-order chi connectivity index (χ0) is 18.7. The zero-order valence-corrected chi connectivity index (χ0v) is 16.3. The molecule has 0 spiro atoms. The fourth-order valence-electron chi connectivity index (χ4n) is 2.59. The van der Waals surface area contributed by atoms with Crippen LogP contribution in [-0.2, 0) is 11.5 Å². The molecule has 0 aliphatic carbocycles. The first-order chi connectivity index (χ1) is 12.3. The van der Waals surface area contributed by atoms with E-state index in [2.05, 4.69) is 34.6 Å². The summed E-state index contributed by atoms with van der Waals surface area (Å²) in [5.74, 6) is 0.172. The van der Waals surface area contributed by atoms with Crippen LogP contribution in [-0.4, -0.2) is 40.0 Å². The van der Waals surface area contributed by atoms with Crippen molar-refractivity contribution >= 4 is 30.7 Å². The average molecular weight is 370 g/mol. The summed E-state index contributed by atoms with van der Waals surface area (Å²) >= 11 is 0. The molecule has 0 fully saturated rings. The van der Waals surface area contributed by atoms with Gasteiger partial charge in [0.2, 0.25) is 0 Å². The summed E-state index contributed by atoms with van der Waals surface area (Å²) in [6, 6.07) is 4.30. The summed E-state index contributed by atoms with van der Waals surface area (Å²) in [6.07, 6.45) is 6.42. The molecule has 0 aliphatic rings. The van der Waals surface area contributed by atoms with Gasteiger partial charge < -0.3 is 15.0 Å². The molecule has 0 atom stereocenters. The van der Waals surface area contributed by atoms with Gasteiger partial charge in [-0.3, -0.25) is 4.79 Å². The Balaban J connectivity index is 1.86. The molecule has 8 heteroatoms. The molecule has 0 unspecified atom stereocenters. The van der Waals surface area contributed by atoms with Crippen LogP contribution in [0.3, 0.4) is 0 Å². The van der Waals surface area contributed by atoms with E-state index in [0.717, 1.165) is 6.04 Å². The minimum atomic E-state index is -1.14. The van der Waals surface area contributed by atoms with E-state index in [1.807, 2.05) is 4.57 Å². The molecule has 0 saturated heterocycles. The van der Waals surface area contributed by atoms with Crippen molar-refractivity contribution in [2.45, 2.75) is 32.4 Å². The number of hydrogen-bond acceptors (Lipinski definition) is 6. The first kappa shape index (κ1) is 18.2. The number of aromatic nitrogens is 4. The van der Waals surface area contributed by atoms with E-state index in [1.54, 1.807) is 24.5 Å². The highest BCUT2D eigenvalue weighted by atomic mass is 28.3. The maximum atomic E-state index is 12.9. The summed E-state index contributed by atoms with van der Waals surface area (Å²) in [6.45, 7) is 7.98. The van der Waals surface area contributed by atoms with Crippen molar-refractivity contribution in [2.24, 2.45) is 0 Å². The van der Waals surface area contributed by atoms with Gasteiger partial charge in [-0.05, 0) is 18.2 Å². The molecule has 0 aliphatic heterocycles. The van der Waals surface area contributed by atoms with Crippen molar-refractivity contribution in [3.8, 4) is 0 Å². The molecule has 0 amide bonds. The predicted octanol–water partition coefficient (Wildman–Crippen LogP) is 2.95. The number of ketones is 1. The summed E-state index contributed by atoms with van der Waals surface area (Å²) in [5.41, 5.74) is 7.39. The first-order valence-corrected chi connectivity index (χ1v) is 12.2. The molecular formula is C18H23N5O2Si. The van der Waals surface area contributed by atoms with E-state index in [0.29, 0.717) is 41.3 Å². The van der Waals surface area contributed by atoms with Crippen LogP contribution in [0, 0.1) is 0 Å². The highest BCUT2D eigenvalue weighted by molar-refractivity contribution is 6.76. The largest absolute Gasteiger partial charge is 0.384 e. The van der Waals surface area contributed by atoms with Crippen LogP contribution < -0.4 is 5.73 Å². The third-order valence-corrected chi connectivity index (χ3v) is 5.76. The molecule has 3 aromatic rings. The third kappa shape index (κ3) is 4.14. The van der Waals surface area contributed by atoms with Gasteiger partial charge in [-0.2, -0.15) is 0 Å². The van der Waals surface area contributed by atoms with Crippen LogP contribution in [0.25, 0.3) is 11.0 Å².